The van der Waals surface area contributed by atoms with Gasteiger partial charge in [0, 0.05) is 19.5 Å². The van der Waals surface area contributed by atoms with E-state index in [-0.39, 0.29) is 29.5 Å². The fourth-order valence-electron chi connectivity index (χ4n) is 5.70. The molecule has 5 aromatic rings. The Balaban J connectivity index is 1.56. The Morgan fingerprint density at radius 1 is 0.750 bits per heavy atom. The molecular weight excluding hydrogens is 675 g/mol. The average Bonchev–Trinajstić information content (AvgIpc) is 3.16. The molecule has 0 unspecified atom stereocenters. The Kier molecular flexibility index (Phi) is 13.1. The molecule has 10 heteroatoms. The highest BCUT2D eigenvalue weighted by molar-refractivity contribution is 7.92. The van der Waals surface area contributed by atoms with Gasteiger partial charge in [0.25, 0.3) is 10.0 Å². The number of benzene rings is 5. The first-order chi connectivity index (χ1) is 25.2. The second-order valence-corrected chi connectivity index (χ2v) is 14.3. The lowest BCUT2D eigenvalue weighted by Crippen LogP contribution is -2.53. The van der Waals surface area contributed by atoms with Crippen molar-refractivity contribution in [1.82, 2.24) is 10.2 Å². The van der Waals surface area contributed by atoms with E-state index in [1.807, 2.05) is 86.6 Å². The number of methoxy groups -OCH3 is 1. The van der Waals surface area contributed by atoms with E-state index in [0.717, 1.165) is 33.8 Å². The molecule has 0 saturated carbocycles. The van der Waals surface area contributed by atoms with Crippen LogP contribution in [0.15, 0.2) is 138 Å². The summed E-state index contributed by atoms with van der Waals surface area (Å²) in [5.41, 5.74) is 2.75. The van der Waals surface area contributed by atoms with Gasteiger partial charge < -0.3 is 19.7 Å². The smallest absolute Gasteiger partial charge is 0.264 e. The Labute approximate surface area is 306 Å². The average molecular weight is 720 g/mol. The summed E-state index contributed by atoms with van der Waals surface area (Å²) in [5, 5.41) is 3.02. The molecule has 0 aliphatic carbocycles. The third-order valence-corrected chi connectivity index (χ3v) is 10.4. The zero-order chi connectivity index (χ0) is 36.9. The number of anilines is 1. The van der Waals surface area contributed by atoms with Crippen LogP contribution in [0.5, 0.6) is 17.2 Å². The van der Waals surface area contributed by atoms with Gasteiger partial charge in [-0.3, -0.25) is 13.9 Å². The van der Waals surface area contributed by atoms with E-state index in [2.05, 4.69) is 5.32 Å². The maximum absolute atomic E-state index is 14.8. The first-order valence-corrected chi connectivity index (χ1v) is 18.8. The van der Waals surface area contributed by atoms with Crippen LogP contribution in [0.1, 0.15) is 36.5 Å². The monoisotopic (exact) mass is 719 g/mol. The molecule has 0 saturated heterocycles. The number of sulfonamides is 1. The van der Waals surface area contributed by atoms with Crippen LogP contribution < -0.4 is 19.1 Å². The van der Waals surface area contributed by atoms with E-state index < -0.39 is 28.5 Å². The number of hydrogen-bond donors (Lipinski definition) is 1. The van der Waals surface area contributed by atoms with Crippen molar-refractivity contribution in [2.75, 3.05) is 24.5 Å². The van der Waals surface area contributed by atoms with Crippen molar-refractivity contribution in [2.24, 2.45) is 0 Å². The minimum absolute atomic E-state index is 0.0352. The Hall–Kier alpha value is -5.61. The highest BCUT2D eigenvalue weighted by Crippen LogP contribution is 2.29. The van der Waals surface area contributed by atoms with Crippen molar-refractivity contribution in [3.05, 3.63) is 150 Å². The second-order valence-electron chi connectivity index (χ2n) is 12.5. The van der Waals surface area contributed by atoms with Gasteiger partial charge >= 0.3 is 0 Å². The quantitative estimate of drug-likeness (QED) is 0.0996. The number of unbranched alkanes of at least 4 members (excludes halogenated alkanes) is 1. The molecule has 5 rings (SSSR count). The summed E-state index contributed by atoms with van der Waals surface area (Å²) in [5.74, 6) is 0.863. The standard InChI is InChI=1S/C42H45N3O6S/c1-4-5-27-43-42(47)40(29-33-13-8-6-9-14-33)44(30-34-15-12-18-38(28-34)50-3)41(46)31-45(52(48,49)39-25-19-32(2)20-26-39)35-21-23-37(24-22-35)51-36-16-10-7-11-17-36/h6-26,28,40H,4-5,27,29-31H2,1-3H3,(H,43,47)/t40-/m0/s1. The number of ether oxygens (including phenoxy) is 2. The lowest BCUT2D eigenvalue weighted by Gasteiger charge is -2.34. The number of rotatable bonds is 17. The van der Waals surface area contributed by atoms with Gasteiger partial charge in [-0.25, -0.2) is 8.42 Å². The number of aryl methyl sites for hydroxylation is 1. The first kappa shape index (κ1) is 37.6. The third kappa shape index (κ3) is 10.0. The molecule has 0 bridgehead atoms. The topological polar surface area (TPSA) is 105 Å². The van der Waals surface area contributed by atoms with Crippen molar-refractivity contribution in [2.45, 2.75) is 50.6 Å². The number of nitrogens with zero attached hydrogens (tertiary/aromatic N) is 2. The van der Waals surface area contributed by atoms with Gasteiger partial charge in [0.05, 0.1) is 17.7 Å². The van der Waals surface area contributed by atoms with E-state index >= 15 is 0 Å². The van der Waals surface area contributed by atoms with Gasteiger partial charge in [-0.05, 0) is 85.1 Å². The van der Waals surface area contributed by atoms with E-state index in [9.17, 15) is 18.0 Å². The van der Waals surface area contributed by atoms with Crippen molar-refractivity contribution in [3.63, 3.8) is 0 Å². The van der Waals surface area contributed by atoms with E-state index in [1.165, 1.54) is 17.0 Å². The Bertz CT molecular complexity index is 2010. The predicted octanol–water partition coefficient (Wildman–Crippen LogP) is 7.55. The minimum atomic E-state index is -4.25. The summed E-state index contributed by atoms with van der Waals surface area (Å²) in [6.45, 7) is 3.84. The maximum atomic E-state index is 14.8. The number of carbonyl (C=O) groups excluding carboxylic acids is 2. The molecule has 52 heavy (non-hydrogen) atoms. The number of amides is 2. The van der Waals surface area contributed by atoms with Crippen LogP contribution in [-0.4, -0.2) is 51.4 Å². The number of carbonyl (C=O) groups is 2. The van der Waals surface area contributed by atoms with Crippen LogP contribution in [0.3, 0.4) is 0 Å². The number of nitrogens with one attached hydrogen (secondary N) is 1. The van der Waals surface area contributed by atoms with Crippen LogP contribution >= 0.6 is 0 Å². The van der Waals surface area contributed by atoms with Gasteiger partial charge in [-0.1, -0.05) is 91.7 Å². The Morgan fingerprint density at radius 3 is 2.02 bits per heavy atom. The van der Waals surface area contributed by atoms with Crippen LogP contribution in [0, 0.1) is 6.92 Å². The van der Waals surface area contributed by atoms with Crippen molar-refractivity contribution >= 4 is 27.5 Å². The molecule has 1 atom stereocenters. The van der Waals surface area contributed by atoms with Gasteiger partial charge in [0.1, 0.15) is 29.8 Å². The minimum Gasteiger partial charge on any atom is -0.497 e. The molecule has 2 amide bonds. The molecule has 0 aliphatic heterocycles. The molecule has 0 spiro atoms. The SMILES string of the molecule is CCCCNC(=O)[C@H](Cc1ccccc1)N(Cc1cccc(OC)c1)C(=O)CN(c1ccc(Oc2ccccc2)cc1)S(=O)(=O)c1ccc(C)cc1. The first-order valence-electron chi connectivity index (χ1n) is 17.3. The summed E-state index contributed by atoms with van der Waals surface area (Å²) in [7, 11) is -2.69. The molecule has 0 aromatic heterocycles. The zero-order valence-electron chi connectivity index (χ0n) is 29.8. The second kappa shape index (κ2) is 18.1. The predicted molar refractivity (Wildman–Crippen MR) is 204 cm³/mol. The summed E-state index contributed by atoms with van der Waals surface area (Å²) >= 11 is 0. The summed E-state index contributed by atoms with van der Waals surface area (Å²) in [4.78, 5) is 30.3. The summed E-state index contributed by atoms with van der Waals surface area (Å²) < 4.78 is 41.3. The van der Waals surface area contributed by atoms with E-state index in [1.54, 1.807) is 55.6 Å². The molecule has 0 radical (unpaired) electrons. The van der Waals surface area contributed by atoms with Crippen LogP contribution in [-0.2, 0) is 32.6 Å². The highest BCUT2D eigenvalue weighted by Gasteiger charge is 2.34. The van der Waals surface area contributed by atoms with Crippen molar-refractivity contribution < 1.29 is 27.5 Å². The molecule has 270 valence electrons. The molecule has 0 heterocycles. The molecule has 5 aromatic carbocycles. The van der Waals surface area contributed by atoms with Crippen LogP contribution in [0.4, 0.5) is 5.69 Å². The third-order valence-electron chi connectivity index (χ3n) is 8.58. The van der Waals surface area contributed by atoms with Gasteiger partial charge in [-0.2, -0.15) is 0 Å². The van der Waals surface area contributed by atoms with Gasteiger partial charge in [0.2, 0.25) is 11.8 Å². The lowest BCUT2D eigenvalue weighted by molar-refractivity contribution is -0.140. The van der Waals surface area contributed by atoms with Gasteiger partial charge in [-0.15, -0.1) is 0 Å². The van der Waals surface area contributed by atoms with Crippen LogP contribution in [0.2, 0.25) is 0 Å². The molecule has 0 aliphatic rings. The van der Waals surface area contributed by atoms with Crippen molar-refractivity contribution in [3.8, 4) is 17.2 Å². The fourth-order valence-corrected chi connectivity index (χ4v) is 7.11. The zero-order valence-corrected chi connectivity index (χ0v) is 30.6. The molecule has 0 fully saturated rings. The largest absolute Gasteiger partial charge is 0.497 e. The molecular formula is C42H45N3O6S. The summed E-state index contributed by atoms with van der Waals surface area (Å²) in [6, 6.07) is 38.1. The maximum Gasteiger partial charge on any atom is 0.264 e. The van der Waals surface area contributed by atoms with Gasteiger partial charge in [0.15, 0.2) is 0 Å². The summed E-state index contributed by atoms with van der Waals surface area (Å²) in [6.07, 6.45) is 1.89. The van der Waals surface area contributed by atoms with Crippen LogP contribution in [0.25, 0.3) is 0 Å². The number of hydrogen-bond acceptors (Lipinski definition) is 6. The fraction of sp³-hybridized carbons (Fsp3) is 0.238. The number of para-hydroxylation sites is 1. The molecule has 9 nitrogen and oxygen atoms in total. The Morgan fingerprint density at radius 2 is 1.37 bits per heavy atom. The van der Waals surface area contributed by atoms with E-state index in [0.29, 0.717) is 23.8 Å². The van der Waals surface area contributed by atoms with E-state index in [4.69, 9.17) is 9.47 Å². The molecule has 1 N–H and O–H groups in total. The normalized spacial score (nSPS) is 11.7. The highest BCUT2D eigenvalue weighted by atomic mass is 32.2. The lowest BCUT2D eigenvalue weighted by atomic mass is 10.0. The van der Waals surface area contributed by atoms with Crippen molar-refractivity contribution in [1.29, 1.82) is 0 Å².